The molecule has 2 aromatic heterocycles. The van der Waals surface area contributed by atoms with Gasteiger partial charge in [-0.25, -0.2) is 18.1 Å². The molecule has 1 fully saturated rings. The van der Waals surface area contributed by atoms with E-state index < -0.39 is 6.43 Å². The summed E-state index contributed by atoms with van der Waals surface area (Å²) in [5, 5.41) is 4.39. The highest BCUT2D eigenvalue weighted by Crippen LogP contribution is 2.40. The van der Waals surface area contributed by atoms with Gasteiger partial charge in [0.1, 0.15) is 0 Å². The Morgan fingerprint density at radius 1 is 1.32 bits per heavy atom. The van der Waals surface area contributed by atoms with Crippen molar-refractivity contribution < 1.29 is 18.1 Å². The van der Waals surface area contributed by atoms with E-state index in [9.17, 15) is 13.6 Å². The van der Waals surface area contributed by atoms with Crippen LogP contribution < -0.4 is 4.48 Å². The van der Waals surface area contributed by atoms with E-state index in [1.807, 2.05) is 12.1 Å². The number of halogens is 2. The lowest BCUT2D eigenvalue weighted by Crippen LogP contribution is -2.51. The van der Waals surface area contributed by atoms with Crippen molar-refractivity contribution >= 4 is 22.7 Å². The molecule has 0 saturated carbocycles. The predicted molar refractivity (Wildman–Crippen MR) is 81.0 cm³/mol. The van der Waals surface area contributed by atoms with Gasteiger partial charge in [0, 0.05) is 11.6 Å². The average Bonchev–Trinajstić information content (AvgIpc) is 3.14. The Labute approximate surface area is 130 Å². The van der Waals surface area contributed by atoms with Gasteiger partial charge in [-0.1, -0.05) is 16.5 Å². The Morgan fingerprint density at radius 2 is 2.05 bits per heavy atom. The highest BCUT2D eigenvalue weighted by molar-refractivity contribution is 7.19. The molecule has 0 unspecified atom stereocenters. The number of quaternary nitrogens is 1. The molecule has 3 rings (SSSR count). The molecule has 0 N–H and O–H groups in total. The van der Waals surface area contributed by atoms with E-state index in [0.29, 0.717) is 15.8 Å². The van der Waals surface area contributed by atoms with Crippen molar-refractivity contribution in [2.45, 2.75) is 32.6 Å². The van der Waals surface area contributed by atoms with Gasteiger partial charge < -0.3 is 4.52 Å². The van der Waals surface area contributed by atoms with Crippen molar-refractivity contribution in [3.05, 3.63) is 23.4 Å². The van der Waals surface area contributed by atoms with E-state index in [1.165, 1.54) is 11.3 Å². The van der Waals surface area contributed by atoms with Crippen molar-refractivity contribution in [1.29, 1.82) is 0 Å². The molecule has 7 heteroatoms. The minimum Gasteiger partial charge on any atom is -0.355 e. The van der Waals surface area contributed by atoms with E-state index in [0.717, 1.165) is 48.6 Å². The summed E-state index contributed by atoms with van der Waals surface area (Å²) >= 11 is 1.42. The number of amides is 1. The number of hydrogen-bond acceptors (Lipinski definition) is 4. The number of piperidine rings is 1. The van der Waals surface area contributed by atoms with Gasteiger partial charge in [0.2, 0.25) is 0 Å². The minimum atomic E-state index is -2.65. The third-order valence-electron chi connectivity index (χ3n) is 4.24. The van der Waals surface area contributed by atoms with E-state index in [-0.39, 0.29) is 5.69 Å². The van der Waals surface area contributed by atoms with Gasteiger partial charge in [0.25, 0.3) is 6.43 Å². The van der Waals surface area contributed by atoms with Crippen molar-refractivity contribution in [2.24, 2.45) is 0 Å². The second kappa shape index (κ2) is 5.89. The van der Waals surface area contributed by atoms with E-state index in [4.69, 9.17) is 4.52 Å². The topological polar surface area (TPSA) is 43.1 Å². The maximum absolute atomic E-state index is 12.8. The number of alkyl halides is 2. The summed E-state index contributed by atoms with van der Waals surface area (Å²) in [6.07, 6.45) is 1.52. The van der Waals surface area contributed by atoms with Gasteiger partial charge >= 0.3 is 6.41 Å². The fourth-order valence-corrected chi connectivity index (χ4v) is 4.11. The van der Waals surface area contributed by atoms with Crippen LogP contribution in [-0.4, -0.2) is 24.7 Å². The van der Waals surface area contributed by atoms with Gasteiger partial charge in [0.05, 0.1) is 18.0 Å². The van der Waals surface area contributed by atoms with Crippen LogP contribution in [-0.2, 0) is 4.79 Å². The monoisotopic (exact) mass is 327 g/mol. The molecular formula is C15H17F2N2O2S+. The lowest BCUT2D eigenvalue weighted by atomic mass is 10.1. The van der Waals surface area contributed by atoms with E-state index >= 15 is 0 Å². The number of likely N-dealkylation sites (tertiary alicyclic amines) is 1. The van der Waals surface area contributed by atoms with Crippen LogP contribution >= 0.6 is 11.3 Å². The maximum atomic E-state index is 12.8. The first-order valence-electron chi connectivity index (χ1n) is 7.25. The molecule has 3 heterocycles. The molecule has 4 nitrogen and oxygen atoms in total. The molecule has 2 aromatic rings. The van der Waals surface area contributed by atoms with Crippen LogP contribution in [0.15, 0.2) is 16.7 Å². The number of aromatic nitrogens is 1. The molecule has 22 heavy (non-hydrogen) atoms. The molecule has 0 aromatic carbocycles. The molecule has 0 bridgehead atoms. The highest BCUT2D eigenvalue weighted by Gasteiger charge is 2.34. The fraction of sp³-hybridized carbons (Fsp3) is 0.467. The van der Waals surface area contributed by atoms with Gasteiger partial charge in [-0.05, 0) is 32.3 Å². The van der Waals surface area contributed by atoms with Gasteiger partial charge in [-0.2, -0.15) is 0 Å². The van der Waals surface area contributed by atoms with Crippen LogP contribution in [0.4, 0.5) is 13.8 Å². The number of carbonyl (C=O) groups is 1. The second-order valence-electron chi connectivity index (χ2n) is 5.61. The Hall–Kier alpha value is -1.60. The first kappa shape index (κ1) is 15.3. The van der Waals surface area contributed by atoms with Crippen LogP contribution in [0.3, 0.4) is 0 Å². The summed E-state index contributed by atoms with van der Waals surface area (Å²) < 4.78 is 31.0. The smallest absolute Gasteiger partial charge is 0.307 e. The molecule has 1 amide bonds. The van der Waals surface area contributed by atoms with Crippen LogP contribution in [0.1, 0.15) is 36.9 Å². The van der Waals surface area contributed by atoms with Gasteiger partial charge in [-0.3, -0.25) is 0 Å². The maximum Gasteiger partial charge on any atom is 0.307 e. The summed E-state index contributed by atoms with van der Waals surface area (Å²) in [5.74, 6) is 0.368. The first-order valence-corrected chi connectivity index (χ1v) is 8.07. The van der Waals surface area contributed by atoms with Gasteiger partial charge in [0.15, 0.2) is 16.5 Å². The van der Waals surface area contributed by atoms with Crippen molar-refractivity contribution in [3.8, 4) is 10.6 Å². The third-order valence-corrected chi connectivity index (χ3v) is 5.49. The van der Waals surface area contributed by atoms with Crippen molar-refractivity contribution in [1.82, 2.24) is 9.64 Å². The number of rotatable bonds is 4. The summed E-state index contributed by atoms with van der Waals surface area (Å²) in [7, 11) is 0. The quantitative estimate of drug-likeness (QED) is 0.621. The molecule has 0 spiro atoms. The van der Waals surface area contributed by atoms with Crippen LogP contribution in [0, 0.1) is 6.92 Å². The Morgan fingerprint density at radius 3 is 2.64 bits per heavy atom. The minimum absolute atomic E-state index is 0.317. The molecule has 1 saturated heterocycles. The SMILES string of the molecule is Cc1c(C(F)F)noc1-c1ccc([N+]2(C=O)CCCCC2)s1. The van der Waals surface area contributed by atoms with Gasteiger partial charge in [-0.15, -0.1) is 0 Å². The summed E-state index contributed by atoms with van der Waals surface area (Å²) in [4.78, 5) is 12.4. The number of hydrogen-bond donors (Lipinski definition) is 0. The number of thiophene rings is 1. The Balaban J connectivity index is 1.95. The zero-order valence-electron chi connectivity index (χ0n) is 12.2. The molecule has 0 atom stereocenters. The largest absolute Gasteiger partial charge is 0.355 e. The zero-order chi connectivity index (χ0) is 15.7. The first-order chi connectivity index (χ1) is 10.6. The van der Waals surface area contributed by atoms with Crippen LogP contribution in [0.25, 0.3) is 10.6 Å². The zero-order valence-corrected chi connectivity index (χ0v) is 13.0. The molecule has 1 aliphatic rings. The summed E-state index contributed by atoms with van der Waals surface area (Å²) in [6.45, 7) is 3.17. The van der Waals surface area contributed by atoms with Crippen molar-refractivity contribution in [2.75, 3.05) is 13.1 Å². The molecule has 0 radical (unpaired) electrons. The fourth-order valence-electron chi connectivity index (χ4n) is 2.92. The van der Waals surface area contributed by atoms with Crippen LogP contribution in [0.5, 0.6) is 0 Å². The average molecular weight is 327 g/mol. The lowest BCUT2D eigenvalue weighted by molar-refractivity contribution is -0.118. The normalized spacial score (nSPS) is 17.8. The number of nitrogens with zero attached hydrogens (tertiary/aromatic N) is 2. The molecular weight excluding hydrogens is 310 g/mol. The van der Waals surface area contributed by atoms with Crippen molar-refractivity contribution in [3.63, 3.8) is 0 Å². The lowest BCUT2D eigenvalue weighted by Gasteiger charge is -2.33. The summed E-state index contributed by atoms with van der Waals surface area (Å²) in [5.41, 5.74) is 0.0434. The summed E-state index contributed by atoms with van der Waals surface area (Å²) in [6, 6.07) is 3.71. The number of carbonyl (C=O) groups excluding carboxylic acids is 1. The van der Waals surface area contributed by atoms with E-state index in [2.05, 4.69) is 5.16 Å². The Kier molecular flexibility index (Phi) is 4.10. The third kappa shape index (κ3) is 2.48. The molecule has 118 valence electrons. The van der Waals surface area contributed by atoms with E-state index in [1.54, 1.807) is 6.92 Å². The predicted octanol–water partition coefficient (Wildman–Crippen LogP) is 4.30. The van der Waals surface area contributed by atoms with Crippen LogP contribution in [0.2, 0.25) is 0 Å². The highest BCUT2D eigenvalue weighted by atomic mass is 32.1. The Bertz CT molecular complexity index is 675. The second-order valence-corrected chi connectivity index (χ2v) is 6.67. The molecule has 1 aliphatic heterocycles. The standard InChI is InChI=1S/C15H17F2N2O2S/c1-10-13(15(16)17)18-21-14(10)11-5-6-12(22-11)19(9-20)7-3-2-4-8-19/h5-6,9,15H,2-4,7-8H2,1H3/q+1. The molecule has 0 aliphatic carbocycles.